The first kappa shape index (κ1) is 10.7. The molecular weight excluding hydrogens is 180 g/mol. The van der Waals surface area contributed by atoms with Gasteiger partial charge in [0.05, 0.1) is 0 Å². The molecule has 0 spiro atoms. The van der Waals surface area contributed by atoms with E-state index in [0.717, 1.165) is 6.54 Å². The van der Waals surface area contributed by atoms with Crippen molar-refractivity contribution in [1.82, 2.24) is 10.3 Å². The molecular formula is C10H18N2S. The second-order valence-electron chi connectivity index (χ2n) is 3.16. The lowest BCUT2D eigenvalue weighted by Crippen LogP contribution is -2.29. The lowest BCUT2D eigenvalue weighted by Gasteiger charge is -2.14. The molecule has 1 unspecified atom stereocenters. The van der Waals surface area contributed by atoms with E-state index in [1.54, 1.807) is 0 Å². The fourth-order valence-corrected chi connectivity index (χ4v) is 2.01. The van der Waals surface area contributed by atoms with E-state index >= 15 is 0 Å². The molecule has 2 nitrogen and oxygen atoms in total. The summed E-state index contributed by atoms with van der Waals surface area (Å²) in [5.41, 5.74) is 1.33. The summed E-state index contributed by atoms with van der Waals surface area (Å²) in [7, 11) is 0. The maximum absolute atomic E-state index is 3.53. The van der Waals surface area contributed by atoms with E-state index in [1.165, 1.54) is 17.7 Å². The topological polar surface area (TPSA) is 27.8 Å². The van der Waals surface area contributed by atoms with E-state index in [2.05, 4.69) is 29.5 Å². The molecule has 1 heterocycles. The van der Waals surface area contributed by atoms with Crippen LogP contribution in [-0.4, -0.2) is 23.0 Å². The van der Waals surface area contributed by atoms with Crippen LogP contribution in [0.1, 0.15) is 18.9 Å². The standard InChI is InChI=1S/C10H18N2S/c1-3-10(8-13-2)12-7-9-4-5-11-6-9/h4-6,10-12H,3,7-8H2,1-2H3. The third-order valence-electron chi connectivity index (χ3n) is 2.12. The molecule has 0 aromatic carbocycles. The van der Waals surface area contributed by atoms with Crippen LogP contribution >= 0.6 is 11.8 Å². The predicted molar refractivity (Wildman–Crippen MR) is 60.1 cm³/mol. The Balaban J connectivity index is 2.23. The molecule has 0 aliphatic heterocycles. The van der Waals surface area contributed by atoms with Crippen molar-refractivity contribution in [2.75, 3.05) is 12.0 Å². The molecule has 0 aliphatic carbocycles. The number of aromatic amines is 1. The molecule has 0 fully saturated rings. The van der Waals surface area contributed by atoms with Crippen molar-refractivity contribution in [3.8, 4) is 0 Å². The van der Waals surface area contributed by atoms with Gasteiger partial charge in [0, 0.05) is 30.7 Å². The highest BCUT2D eigenvalue weighted by atomic mass is 32.2. The fourth-order valence-electron chi connectivity index (χ4n) is 1.25. The van der Waals surface area contributed by atoms with Gasteiger partial charge in [-0.3, -0.25) is 0 Å². The summed E-state index contributed by atoms with van der Waals surface area (Å²) in [4.78, 5) is 3.06. The largest absolute Gasteiger partial charge is 0.367 e. The third kappa shape index (κ3) is 3.87. The summed E-state index contributed by atoms with van der Waals surface area (Å²) in [6, 6.07) is 2.75. The van der Waals surface area contributed by atoms with Crippen LogP contribution in [0.2, 0.25) is 0 Å². The number of hydrogen-bond acceptors (Lipinski definition) is 2. The number of aromatic nitrogens is 1. The van der Waals surface area contributed by atoms with Gasteiger partial charge in [0.2, 0.25) is 0 Å². The van der Waals surface area contributed by atoms with Gasteiger partial charge in [0.15, 0.2) is 0 Å². The minimum atomic E-state index is 0.643. The zero-order valence-corrected chi connectivity index (χ0v) is 9.16. The average Bonchev–Trinajstić information content (AvgIpc) is 2.64. The van der Waals surface area contributed by atoms with Gasteiger partial charge < -0.3 is 10.3 Å². The Labute approximate surface area is 84.5 Å². The highest BCUT2D eigenvalue weighted by Crippen LogP contribution is 2.03. The van der Waals surface area contributed by atoms with Crippen molar-refractivity contribution in [2.45, 2.75) is 25.9 Å². The molecule has 0 saturated heterocycles. The van der Waals surface area contributed by atoms with Crippen LogP contribution in [0, 0.1) is 0 Å². The van der Waals surface area contributed by atoms with Crippen molar-refractivity contribution in [3.63, 3.8) is 0 Å². The van der Waals surface area contributed by atoms with Gasteiger partial charge in [0.1, 0.15) is 0 Å². The van der Waals surface area contributed by atoms with E-state index in [9.17, 15) is 0 Å². The molecule has 0 saturated carbocycles. The van der Waals surface area contributed by atoms with E-state index < -0.39 is 0 Å². The second-order valence-corrected chi connectivity index (χ2v) is 4.07. The number of nitrogens with one attached hydrogen (secondary N) is 2. The molecule has 0 bridgehead atoms. The van der Waals surface area contributed by atoms with Crippen molar-refractivity contribution in [2.24, 2.45) is 0 Å². The van der Waals surface area contributed by atoms with E-state index in [1.807, 2.05) is 24.2 Å². The monoisotopic (exact) mass is 198 g/mol. The number of hydrogen-bond donors (Lipinski definition) is 2. The van der Waals surface area contributed by atoms with Crippen molar-refractivity contribution in [1.29, 1.82) is 0 Å². The van der Waals surface area contributed by atoms with Gasteiger partial charge in [-0.2, -0.15) is 11.8 Å². The molecule has 1 rings (SSSR count). The summed E-state index contributed by atoms with van der Waals surface area (Å²) in [5, 5.41) is 3.53. The van der Waals surface area contributed by atoms with Crippen LogP contribution in [-0.2, 0) is 6.54 Å². The molecule has 0 amide bonds. The maximum atomic E-state index is 3.53. The fraction of sp³-hybridized carbons (Fsp3) is 0.600. The smallest absolute Gasteiger partial charge is 0.0223 e. The molecule has 74 valence electrons. The SMILES string of the molecule is CCC(CSC)NCc1cc[nH]c1. The van der Waals surface area contributed by atoms with Crippen molar-refractivity contribution >= 4 is 11.8 Å². The summed E-state index contributed by atoms with van der Waals surface area (Å²) < 4.78 is 0. The van der Waals surface area contributed by atoms with Crippen LogP contribution in [0.15, 0.2) is 18.5 Å². The van der Waals surface area contributed by atoms with Crippen LogP contribution in [0.3, 0.4) is 0 Å². The highest BCUT2D eigenvalue weighted by Gasteiger charge is 2.03. The Kier molecular flexibility index (Phi) is 5.01. The minimum absolute atomic E-state index is 0.643. The van der Waals surface area contributed by atoms with Gasteiger partial charge in [0.25, 0.3) is 0 Å². The van der Waals surface area contributed by atoms with Gasteiger partial charge in [-0.25, -0.2) is 0 Å². The van der Waals surface area contributed by atoms with Crippen molar-refractivity contribution in [3.05, 3.63) is 24.0 Å². The Morgan fingerprint density at radius 1 is 1.62 bits per heavy atom. The first-order valence-electron chi connectivity index (χ1n) is 4.70. The Morgan fingerprint density at radius 3 is 3.00 bits per heavy atom. The quantitative estimate of drug-likeness (QED) is 0.733. The molecule has 1 aromatic heterocycles. The third-order valence-corrected chi connectivity index (χ3v) is 2.85. The van der Waals surface area contributed by atoms with E-state index in [4.69, 9.17) is 0 Å². The lowest BCUT2D eigenvalue weighted by atomic mass is 10.2. The number of H-pyrrole nitrogens is 1. The number of thioether (sulfide) groups is 1. The molecule has 1 aromatic rings. The second kappa shape index (κ2) is 6.11. The summed E-state index contributed by atoms with van der Waals surface area (Å²) >= 11 is 1.90. The number of rotatable bonds is 6. The average molecular weight is 198 g/mol. The highest BCUT2D eigenvalue weighted by molar-refractivity contribution is 7.98. The van der Waals surface area contributed by atoms with Gasteiger partial charge in [-0.05, 0) is 24.3 Å². The normalized spacial score (nSPS) is 13.1. The zero-order chi connectivity index (χ0) is 9.52. The molecule has 0 aliphatic rings. The summed E-state index contributed by atoms with van der Waals surface area (Å²) in [5.74, 6) is 1.20. The minimum Gasteiger partial charge on any atom is -0.367 e. The summed E-state index contributed by atoms with van der Waals surface area (Å²) in [6.07, 6.45) is 7.36. The summed E-state index contributed by atoms with van der Waals surface area (Å²) in [6.45, 7) is 3.20. The Morgan fingerprint density at radius 2 is 2.46 bits per heavy atom. The van der Waals surface area contributed by atoms with E-state index in [-0.39, 0.29) is 0 Å². The predicted octanol–water partition coefficient (Wildman–Crippen LogP) is 2.25. The van der Waals surface area contributed by atoms with Gasteiger partial charge >= 0.3 is 0 Å². The molecule has 2 N–H and O–H groups in total. The molecule has 3 heteroatoms. The first-order chi connectivity index (χ1) is 6.36. The maximum Gasteiger partial charge on any atom is 0.0223 e. The first-order valence-corrected chi connectivity index (χ1v) is 6.10. The van der Waals surface area contributed by atoms with Crippen LogP contribution < -0.4 is 5.32 Å². The Bertz CT molecular complexity index is 209. The molecule has 13 heavy (non-hydrogen) atoms. The van der Waals surface area contributed by atoms with Crippen LogP contribution in [0.4, 0.5) is 0 Å². The lowest BCUT2D eigenvalue weighted by molar-refractivity contribution is 0.541. The van der Waals surface area contributed by atoms with Crippen molar-refractivity contribution < 1.29 is 0 Å². The van der Waals surface area contributed by atoms with Gasteiger partial charge in [-0.1, -0.05) is 6.92 Å². The van der Waals surface area contributed by atoms with Crippen LogP contribution in [0.5, 0.6) is 0 Å². The van der Waals surface area contributed by atoms with Gasteiger partial charge in [-0.15, -0.1) is 0 Å². The molecule has 1 atom stereocenters. The Hall–Kier alpha value is -0.410. The van der Waals surface area contributed by atoms with Crippen LogP contribution in [0.25, 0.3) is 0 Å². The van der Waals surface area contributed by atoms with E-state index in [0.29, 0.717) is 6.04 Å². The zero-order valence-electron chi connectivity index (χ0n) is 8.34. The molecule has 0 radical (unpaired) electrons.